The van der Waals surface area contributed by atoms with Crippen LogP contribution in [0, 0.1) is 0 Å². The lowest BCUT2D eigenvalue weighted by molar-refractivity contribution is 0.0696. The van der Waals surface area contributed by atoms with Gasteiger partial charge in [-0.3, -0.25) is 0 Å². The number of hydrogen-bond acceptors (Lipinski definition) is 4. The highest BCUT2D eigenvalue weighted by Gasteiger charge is 2.12. The Hall–Kier alpha value is -2.69. The Morgan fingerprint density at radius 2 is 1.80 bits per heavy atom. The van der Waals surface area contributed by atoms with E-state index in [1.165, 1.54) is 25.3 Å². The third-order valence-corrected chi connectivity index (χ3v) is 2.88. The maximum Gasteiger partial charge on any atom is 0.335 e. The van der Waals surface area contributed by atoms with Gasteiger partial charge in [0.25, 0.3) is 0 Å². The van der Waals surface area contributed by atoms with Crippen molar-refractivity contribution in [3.63, 3.8) is 0 Å². The van der Waals surface area contributed by atoms with Crippen molar-refractivity contribution in [2.24, 2.45) is 0 Å². The second-order valence-electron chi connectivity index (χ2n) is 4.14. The minimum absolute atomic E-state index is 0.0119. The molecule has 0 radical (unpaired) electrons. The van der Waals surface area contributed by atoms with Gasteiger partial charge < -0.3 is 19.7 Å². The van der Waals surface area contributed by atoms with Crippen LogP contribution in [0.5, 0.6) is 17.2 Å². The summed E-state index contributed by atoms with van der Waals surface area (Å²) >= 11 is 0. The van der Waals surface area contributed by atoms with Gasteiger partial charge in [-0.1, -0.05) is 0 Å². The number of hydrogen-bond donors (Lipinski definition) is 2. The molecule has 0 saturated heterocycles. The van der Waals surface area contributed by atoms with Crippen molar-refractivity contribution in [2.75, 3.05) is 14.2 Å². The van der Waals surface area contributed by atoms with Crippen LogP contribution in [0.15, 0.2) is 36.4 Å². The summed E-state index contributed by atoms with van der Waals surface area (Å²) in [6.45, 7) is 0. The molecule has 2 rings (SSSR count). The maximum atomic E-state index is 11.0. The summed E-state index contributed by atoms with van der Waals surface area (Å²) in [5.41, 5.74) is 1.24. The van der Waals surface area contributed by atoms with Crippen LogP contribution in [0.25, 0.3) is 11.1 Å². The third-order valence-electron chi connectivity index (χ3n) is 2.88. The topological polar surface area (TPSA) is 76.0 Å². The van der Waals surface area contributed by atoms with Crippen molar-refractivity contribution in [2.45, 2.75) is 0 Å². The van der Waals surface area contributed by atoms with E-state index in [9.17, 15) is 9.90 Å². The number of rotatable bonds is 4. The molecule has 5 heteroatoms. The van der Waals surface area contributed by atoms with E-state index in [2.05, 4.69) is 0 Å². The smallest absolute Gasteiger partial charge is 0.335 e. The Bertz CT molecular complexity index is 649. The predicted octanol–water partition coefficient (Wildman–Crippen LogP) is 2.77. The lowest BCUT2D eigenvalue weighted by atomic mass is 10.0. The SMILES string of the molecule is COc1ccc(-c2cc(O)cc(C(=O)O)c2)c(OC)c1. The lowest BCUT2D eigenvalue weighted by Crippen LogP contribution is -1.97. The van der Waals surface area contributed by atoms with E-state index in [4.69, 9.17) is 14.6 Å². The van der Waals surface area contributed by atoms with Crippen LogP contribution in [-0.2, 0) is 0 Å². The first kappa shape index (κ1) is 13.7. The van der Waals surface area contributed by atoms with Crippen LogP contribution >= 0.6 is 0 Å². The number of carboxylic acid groups (broad SMARTS) is 1. The van der Waals surface area contributed by atoms with Crippen molar-refractivity contribution in [1.82, 2.24) is 0 Å². The Kier molecular flexibility index (Phi) is 3.79. The molecular weight excluding hydrogens is 260 g/mol. The highest BCUT2D eigenvalue weighted by molar-refractivity contribution is 5.90. The highest BCUT2D eigenvalue weighted by atomic mass is 16.5. The van der Waals surface area contributed by atoms with Gasteiger partial charge >= 0.3 is 5.97 Å². The molecular formula is C15H14O5. The number of ether oxygens (including phenoxy) is 2. The molecule has 0 fully saturated rings. The van der Waals surface area contributed by atoms with Crippen molar-refractivity contribution in [3.8, 4) is 28.4 Å². The van der Waals surface area contributed by atoms with Crippen molar-refractivity contribution < 1.29 is 24.5 Å². The van der Waals surface area contributed by atoms with Gasteiger partial charge in [0.2, 0.25) is 0 Å². The standard InChI is InChI=1S/C15H14O5/c1-19-12-3-4-13(14(8-12)20-2)9-5-10(15(17)18)7-11(16)6-9/h3-8,16H,1-2H3,(H,17,18). The predicted molar refractivity (Wildman–Crippen MR) is 73.6 cm³/mol. The van der Waals surface area contributed by atoms with Gasteiger partial charge in [0.05, 0.1) is 19.8 Å². The summed E-state index contributed by atoms with van der Waals surface area (Å²) in [4.78, 5) is 11.0. The van der Waals surface area contributed by atoms with Crippen LogP contribution < -0.4 is 9.47 Å². The van der Waals surface area contributed by atoms with Gasteiger partial charge in [0.1, 0.15) is 17.2 Å². The van der Waals surface area contributed by atoms with Crippen molar-refractivity contribution in [3.05, 3.63) is 42.0 Å². The van der Waals surface area contributed by atoms with E-state index in [0.29, 0.717) is 22.6 Å². The molecule has 0 aliphatic rings. The van der Waals surface area contributed by atoms with Crippen LogP contribution in [0.2, 0.25) is 0 Å². The zero-order chi connectivity index (χ0) is 14.7. The van der Waals surface area contributed by atoms with E-state index < -0.39 is 5.97 Å². The zero-order valence-corrected chi connectivity index (χ0v) is 11.1. The average molecular weight is 274 g/mol. The molecule has 5 nitrogen and oxygen atoms in total. The number of methoxy groups -OCH3 is 2. The van der Waals surface area contributed by atoms with E-state index in [0.717, 1.165) is 0 Å². The molecule has 20 heavy (non-hydrogen) atoms. The molecule has 2 N–H and O–H groups in total. The van der Waals surface area contributed by atoms with Gasteiger partial charge in [-0.05, 0) is 35.9 Å². The minimum atomic E-state index is -1.10. The monoisotopic (exact) mass is 274 g/mol. The zero-order valence-electron chi connectivity index (χ0n) is 11.1. The second-order valence-corrected chi connectivity index (χ2v) is 4.14. The number of phenolic OH excluding ortho intramolecular Hbond substituents is 1. The van der Waals surface area contributed by atoms with E-state index in [1.807, 2.05) is 0 Å². The minimum Gasteiger partial charge on any atom is -0.508 e. The first-order valence-corrected chi connectivity index (χ1v) is 5.85. The van der Waals surface area contributed by atoms with E-state index >= 15 is 0 Å². The van der Waals surface area contributed by atoms with Crippen LogP contribution in [-0.4, -0.2) is 30.4 Å². The number of aromatic carboxylic acids is 1. The second kappa shape index (κ2) is 5.52. The van der Waals surface area contributed by atoms with E-state index in [1.54, 1.807) is 25.3 Å². The van der Waals surface area contributed by atoms with Gasteiger partial charge in [0, 0.05) is 11.6 Å². The fraction of sp³-hybridized carbons (Fsp3) is 0.133. The molecule has 0 bridgehead atoms. The molecule has 0 aromatic heterocycles. The Labute approximate surface area is 116 Å². The first-order valence-electron chi connectivity index (χ1n) is 5.85. The molecule has 104 valence electrons. The summed E-state index contributed by atoms with van der Waals surface area (Å²) in [7, 11) is 3.06. The van der Waals surface area contributed by atoms with Crippen LogP contribution in [0.3, 0.4) is 0 Å². The van der Waals surface area contributed by atoms with Gasteiger partial charge in [-0.2, -0.15) is 0 Å². The molecule has 2 aromatic rings. The Balaban J connectivity index is 2.58. The third kappa shape index (κ3) is 2.66. The summed E-state index contributed by atoms with van der Waals surface area (Å²) in [6.07, 6.45) is 0. The Morgan fingerprint density at radius 1 is 1.05 bits per heavy atom. The molecule has 0 saturated carbocycles. The Morgan fingerprint density at radius 3 is 2.40 bits per heavy atom. The van der Waals surface area contributed by atoms with E-state index in [-0.39, 0.29) is 11.3 Å². The quantitative estimate of drug-likeness (QED) is 0.896. The molecule has 0 unspecified atom stereocenters. The summed E-state index contributed by atoms with van der Waals surface area (Å²) in [6, 6.07) is 9.34. The molecule has 2 aromatic carbocycles. The molecule has 0 amide bonds. The van der Waals surface area contributed by atoms with Crippen LogP contribution in [0.4, 0.5) is 0 Å². The fourth-order valence-corrected chi connectivity index (χ4v) is 1.93. The summed E-state index contributed by atoms with van der Waals surface area (Å²) in [5.74, 6) is -0.0529. The fourth-order valence-electron chi connectivity index (χ4n) is 1.93. The highest BCUT2D eigenvalue weighted by Crippen LogP contribution is 2.35. The molecule has 0 aliphatic heterocycles. The molecule has 0 atom stereocenters. The number of aromatic hydroxyl groups is 1. The van der Waals surface area contributed by atoms with Crippen molar-refractivity contribution >= 4 is 5.97 Å². The largest absolute Gasteiger partial charge is 0.508 e. The average Bonchev–Trinajstić information content (AvgIpc) is 2.45. The summed E-state index contributed by atoms with van der Waals surface area (Å²) in [5, 5.41) is 18.7. The number of phenols is 1. The number of carbonyl (C=O) groups is 1. The van der Waals surface area contributed by atoms with Gasteiger partial charge in [0.15, 0.2) is 0 Å². The van der Waals surface area contributed by atoms with Gasteiger partial charge in [-0.25, -0.2) is 4.79 Å². The maximum absolute atomic E-state index is 11.0. The molecule has 0 aliphatic carbocycles. The number of benzene rings is 2. The normalized spacial score (nSPS) is 10.1. The summed E-state index contributed by atoms with van der Waals surface area (Å²) < 4.78 is 10.4. The van der Waals surface area contributed by atoms with Crippen LogP contribution in [0.1, 0.15) is 10.4 Å². The molecule has 0 spiro atoms. The first-order chi connectivity index (χ1) is 9.55. The number of carboxylic acids is 1. The molecule has 0 heterocycles. The van der Waals surface area contributed by atoms with Gasteiger partial charge in [-0.15, -0.1) is 0 Å². The van der Waals surface area contributed by atoms with Crippen molar-refractivity contribution in [1.29, 1.82) is 0 Å². The lowest BCUT2D eigenvalue weighted by Gasteiger charge is -2.11.